The molecule has 0 aromatic rings. The fourth-order valence-electron chi connectivity index (χ4n) is 2.47. The molecule has 0 saturated carbocycles. The van der Waals surface area contributed by atoms with Crippen LogP contribution in [0.3, 0.4) is 0 Å². The molecular formula is C12H21NO3. The van der Waals surface area contributed by atoms with Crippen molar-refractivity contribution in [2.75, 3.05) is 40.0 Å². The second-order valence-corrected chi connectivity index (χ2v) is 4.56. The molecule has 0 aliphatic carbocycles. The number of hydrogen-bond donors (Lipinski definition) is 1. The van der Waals surface area contributed by atoms with Gasteiger partial charge in [0, 0.05) is 26.2 Å². The van der Waals surface area contributed by atoms with Crippen LogP contribution in [0, 0.1) is 0 Å². The molecule has 1 N–H and O–H groups in total. The summed E-state index contributed by atoms with van der Waals surface area (Å²) in [4.78, 5) is 2.30. The van der Waals surface area contributed by atoms with Gasteiger partial charge in [-0.25, -0.2) is 0 Å². The highest BCUT2D eigenvalue weighted by Gasteiger charge is 2.31. The van der Waals surface area contributed by atoms with Crippen LogP contribution >= 0.6 is 0 Å². The zero-order valence-corrected chi connectivity index (χ0v) is 9.89. The Morgan fingerprint density at radius 1 is 1.62 bits per heavy atom. The summed E-state index contributed by atoms with van der Waals surface area (Å²) in [5.74, 6) is 0. The molecule has 1 fully saturated rings. The van der Waals surface area contributed by atoms with Gasteiger partial charge in [0.25, 0.3) is 0 Å². The van der Waals surface area contributed by atoms with Gasteiger partial charge in [0.1, 0.15) is 0 Å². The highest BCUT2D eigenvalue weighted by molar-refractivity contribution is 5.08. The highest BCUT2D eigenvalue weighted by atomic mass is 16.5. The van der Waals surface area contributed by atoms with E-state index in [2.05, 4.69) is 11.0 Å². The first-order valence-electron chi connectivity index (χ1n) is 5.97. The summed E-state index contributed by atoms with van der Waals surface area (Å²) in [6.07, 6.45) is 4.47. The van der Waals surface area contributed by atoms with Crippen molar-refractivity contribution < 1.29 is 14.6 Å². The predicted octanol–water partition coefficient (Wildman–Crippen LogP) is 0.415. The SMILES string of the molecule is CO[C@H]1C[C@@H](CO)N(CC2=CCCOC2)C1. The normalized spacial score (nSPS) is 31.8. The van der Waals surface area contributed by atoms with Crippen molar-refractivity contribution in [1.82, 2.24) is 4.90 Å². The third kappa shape index (κ3) is 2.83. The first-order chi connectivity index (χ1) is 7.83. The lowest BCUT2D eigenvalue weighted by Crippen LogP contribution is -2.35. The molecule has 2 heterocycles. The maximum absolute atomic E-state index is 9.33. The number of likely N-dealkylation sites (tertiary alicyclic amines) is 1. The minimum atomic E-state index is 0.216. The van der Waals surface area contributed by atoms with Crippen molar-refractivity contribution in [3.05, 3.63) is 11.6 Å². The lowest BCUT2D eigenvalue weighted by molar-refractivity contribution is 0.106. The van der Waals surface area contributed by atoms with E-state index in [1.807, 2.05) is 0 Å². The molecule has 16 heavy (non-hydrogen) atoms. The van der Waals surface area contributed by atoms with Crippen molar-refractivity contribution in [3.8, 4) is 0 Å². The van der Waals surface area contributed by atoms with Crippen LogP contribution in [0.15, 0.2) is 11.6 Å². The second-order valence-electron chi connectivity index (χ2n) is 4.56. The van der Waals surface area contributed by atoms with Gasteiger partial charge in [-0.15, -0.1) is 0 Å². The van der Waals surface area contributed by atoms with Gasteiger partial charge in [0.15, 0.2) is 0 Å². The Balaban J connectivity index is 1.90. The molecule has 0 unspecified atom stereocenters. The lowest BCUT2D eigenvalue weighted by Gasteiger charge is -2.25. The largest absolute Gasteiger partial charge is 0.395 e. The number of methoxy groups -OCH3 is 1. The molecule has 0 aromatic carbocycles. The molecule has 2 atom stereocenters. The summed E-state index contributed by atoms with van der Waals surface area (Å²) in [7, 11) is 1.74. The van der Waals surface area contributed by atoms with E-state index in [4.69, 9.17) is 9.47 Å². The summed E-state index contributed by atoms with van der Waals surface area (Å²) in [5, 5.41) is 9.33. The van der Waals surface area contributed by atoms with Gasteiger partial charge in [0.05, 0.1) is 25.9 Å². The maximum Gasteiger partial charge on any atom is 0.0714 e. The van der Waals surface area contributed by atoms with Crippen molar-refractivity contribution in [1.29, 1.82) is 0 Å². The molecule has 0 radical (unpaired) electrons. The van der Waals surface area contributed by atoms with Crippen LogP contribution in [0.4, 0.5) is 0 Å². The van der Waals surface area contributed by atoms with Gasteiger partial charge in [-0.05, 0) is 18.4 Å². The van der Waals surface area contributed by atoms with E-state index in [0.717, 1.165) is 39.1 Å². The van der Waals surface area contributed by atoms with Crippen LogP contribution in [-0.4, -0.2) is 62.2 Å². The van der Waals surface area contributed by atoms with Crippen molar-refractivity contribution in [3.63, 3.8) is 0 Å². The molecule has 0 amide bonds. The summed E-state index contributed by atoms with van der Waals surface area (Å²) >= 11 is 0. The van der Waals surface area contributed by atoms with Gasteiger partial charge in [0.2, 0.25) is 0 Å². The van der Waals surface area contributed by atoms with Crippen molar-refractivity contribution in [2.45, 2.75) is 25.0 Å². The van der Waals surface area contributed by atoms with E-state index in [1.54, 1.807) is 7.11 Å². The standard InChI is InChI=1S/C12H21NO3/c1-15-12-5-11(8-14)13(7-12)6-10-3-2-4-16-9-10/h3,11-12,14H,2,4-9H2,1H3/t11-,12-/m0/s1. The van der Waals surface area contributed by atoms with E-state index in [-0.39, 0.29) is 18.8 Å². The number of hydrogen-bond acceptors (Lipinski definition) is 4. The summed E-state index contributed by atoms with van der Waals surface area (Å²) in [6, 6.07) is 0.243. The maximum atomic E-state index is 9.33. The molecule has 0 spiro atoms. The molecule has 0 bridgehead atoms. The first kappa shape index (κ1) is 12.0. The summed E-state index contributed by atoms with van der Waals surface area (Å²) < 4.78 is 10.8. The van der Waals surface area contributed by atoms with Crippen LogP contribution in [0.25, 0.3) is 0 Å². The van der Waals surface area contributed by atoms with Gasteiger partial charge >= 0.3 is 0 Å². The molecule has 2 rings (SSSR count). The summed E-state index contributed by atoms with van der Waals surface area (Å²) in [5.41, 5.74) is 1.33. The van der Waals surface area contributed by atoms with Crippen molar-refractivity contribution >= 4 is 0 Å². The Hall–Kier alpha value is -0.420. The smallest absolute Gasteiger partial charge is 0.0714 e. The molecule has 1 saturated heterocycles. The van der Waals surface area contributed by atoms with E-state index < -0.39 is 0 Å². The van der Waals surface area contributed by atoms with Crippen LogP contribution in [-0.2, 0) is 9.47 Å². The minimum Gasteiger partial charge on any atom is -0.395 e. The molecule has 92 valence electrons. The van der Waals surface area contributed by atoms with Crippen LogP contribution in [0.2, 0.25) is 0 Å². The minimum absolute atomic E-state index is 0.216. The third-order valence-corrected chi connectivity index (χ3v) is 3.42. The van der Waals surface area contributed by atoms with Crippen LogP contribution in [0.5, 0.6) is 0 Å². The molecular weight excluding hydrogens is 206 g/mol. The topological polar surface area (TPSA) is 41.9 Å². The highest BCUT2D eigenvalue weighted by Crippen LogP contribution is 2.21. The van der Waals surface area contributed by atoms with Crippen LogP contribution in [0.1, 0.15) is 12.8 Å². The van der Waals surface area contributed by atoms with Crippen LogP contribution < -0.4 is 0 Å². The van der Waals surface area contributed by atoms with Crippen molar-refractivity contribution in [2.24, 2.45) is 0 Å². The monoisotopic (exact) mass is 227 g/mol. The lowest BCUT2D eigenvalue weighted by atomic mass is 10.1. The van der Waals surface area contributed by atoms with E-state index >= 15 is 0 Å². The Labute approximate surface area is 96.8 Å². The Bertz CT molecular complexity index is 255. The average Bonchev–Trinajstić information content (AvgIpc) is 2.73. The Kier molecular flexibility index (Phi) is 4.35. The third-order valence-electron chi connectivity index (χ3n) is 3.42. The second kappa shape index (κ2) is 5.77. The summed E-state index contributed by atoms with van der Waals surface area (Å²) in [6.45, 7) is 3.62. The van der Waals surface area contributed by atoms with Gasteiger partial charge in [-0.1, -0.05) is 6.08 Å². The number of ether oxygens (including phenoxy) is 2. The van der Waals surface area contributed by atoms with Gasteiger partial charge < -0.3 is 14.6 Å². The first-order valence-corrected chi connectivity index (χ1v) is 5.97. The van der Waals surface area contributed by atoms with E-state index in [1.165, 1.54) is 5.57 Å². The Morgan fingerprint density at radius 2 is 2.50 bits per heavy atom. The fraction of sp³-hybridized carbons (Fsp3) is 0.833. The zero-order chi connectivity index (χ0) is 11.4. The number of nitrogens with zero attached hydrogens (tertiary/aromatic N) is 1. The van der Waals surface area contributed by atoms with E-state index in [9.17, 15) is 5.11 Å². The van der Waals surface area contributed by atoms with Gasteiger partial charge in [-0.2, -0.15) is 0 Å². The quantitative estimate of drug-likeness (QED) is 0.707. The zero-order valence-electron chi connectivity index (χ0n) is 9.89. The molecule has 2 aliphatic rings. The number of aliphatic hydroxyl groups is 1. The molecule has 0 aromatic heterocycles. The van der Waals surface area contributed by atoms with E-state index in [0.29, 0.717) is 0 Å². The molecule has 4 heteroatoms. The average molecular weight is 227 g/mol. The van der Waals surface area contributed by atoms with Gasteiger partial charge in [-0.3, -0.25) is 4.90 Å². The predicted molar refractivity (Wildman–Crippen MR) is 61.4 cm³/mol. The fourth-order valence-corrected chi connectivity index (χ4v) is 2.47. The molecule has 2 aliphatic heterocycles. The number of aliphatic hydroxyl groups excluding tert-OH is 1. The Morgan fingerprint density at radius 3 is 3.12 bits per heavy atom. The molecule has 4 nitrogen and oxygen atoms in total. The number of rotatable bonds is 4.